The Labute approximate surface area is 125 Å². The number of aromatic nitrogens is 1. The van der Waals surface area contributed by atoms with Crippen molar-refractivity contribution in [2.75, 3.05) is 0 Å². The van der Waals surface area contributed by atoms with Crippen LogP contribution in [-0.2, 0) is 12.8 Å². The van der Waals surface area contributed by atoms with Gasteiger partial charge in [-0.25, -0.2) is 0 Å². The third-order valence-electron chi connectivity index (χ3n) is 5.24. The zero-order valence-corrected chi connectivity index (χ0v) is 12.2. The van der Waals surface area contributed by atoms with E-state index >= 15 is 0 Å². The van der Waals surface area contributed by atoms with Gasteiger partial charge in [0.1, 0.15) is 0 Å². The molecule has 2 aliphatic carbocycles. The summed E-state index contributed by atoms with van der Waals surface area (Å²) < 4.78 is 0. The molecule has 0 bridgehead atoms. The first kappa shape index (κ1) is 13.0. The van der Waals surface area contributed by atoms with E-state index in [9.17, 15) is 5.11 Å². The van der Waals surface area contributed by atoms with E-state index in [2.05, 4.69) is 35.3 Å². The Morgan fingerprint density at radius 2 is 1.81 bits per heavy atom. The molecule has 21 heavy (non-hydrogen) atoms. The summed E-state index contributed by atoms with van der Waals surface area (Å²) in [4.78, 5) is 4.55. The molecule has 1 aromatic carbocycles. The highest BCUT2D eigenvalue weighted by Gasteiger charge is 2.36. The smallest absolute Gasteiger partial charge is 0.0692 e. The Morgan fingerprint density at radius 1 is 0.952 bits per heavy atom. The topological polar surface area (TPSA) is 33.1 Å². The fraction of sp³-hybridized carbons (Fsp3) is 0.421. The predicted molar refractivity (Wildman–Crippen MR) is 83.4 cm³/mol. The molecular formula is C19H21NO. The number of nitrogens with zero attached hydrogens (tertiary/aromatic N) is 1. The molecule has 0 saturated carbocycles. The Balaban J connectivity index is 1.66. The molecule has 0 amide bonds. The molecule has 1 aromatic heterocycles. The fourth-order valence-electron chi connectivity index (χ4n) is 4.20. The summed E-state index contributed by atoms with van der Waals surface area (Å²) in [5, 5.41) is 11.0. The van der Waals surface area contributed by atoms with Crippen molar-refractivity contribution in [3.63, 3.8) is 0 Å². The van der Waals surface area contributed by atoms with Crippen molar-refractivity contribution in [2.45, 2.75) is 50.0 Å². The number of aliphatic hydroxyl groups excluding tert-OH is 1. The van der Waals surface area contributed by atoms with Crippen molar-refractivity contribution in [1.29, 1.82) is 0 Å². The molecule has 0 radical (unpaired) electrons. The highest BCUT2D eigenvalue weighted by molar-refractivity contribution is 5.36. The molecule has 3 atom stereocenters. The van der Waals surface area contributed by atoms with E-state index in [0.29, 0.717) is 0 Å². The number of aliphatic hydroxyl groups is 1. The van der Waals surface area contributed by atoms with Crippen molar-refractivity contribution in [1.82, 2.24) is 4.98 Å². The Bertz CT molecular complexity index is 652. The van der Waals surface area contributed by atoms with Gasteiger partial charge in [0.05, 0.1) is 6.10 Å². The molecule has 2 aromatic rings. The van der Waals surface area contributed by atoms with Crippen LogP contribution in [0.15, 0.2) is 42.6 Å². The Hall–Kier alpha value is -1.67. The number of benzene rings is 1. The molecular weight excluding hydrogens is 258 g/mol. The van der Waals surface area contributed by atoms with Crippen molar-refractivity contribution in [2.24, 2.45) is 0 Å². The third-order valence-corrected chi connectivity index (χ3v) is 5.24. The van der Waals surface area contributed by atoms with Crippen LogP contribution in [-0.4, -0.2) is 16.2 Å². The van der Waals surface area contributed by atoms with Crippen LogP contribution in [0, 0.1) is 0 Å². The lowest BCUT2D eigenvalue weighted by Gasteiger charge is -2.32. The number of rotatable bonds is 2. The number of hydrogen-bond donors (Lipinski definition) is 1. The molecule has 1 N–H and O–H groups in total. The molecule has 2 heteroatoms. The van der Waals surface area contributed by atoms with E-state index < -0.39 is 0 Å². The van der Waals surface area contributed by atoms with Gasteiger partial charge in [0, 0.05) is 23.7 Å². The van der Waals surface area contributed by atoms with Crippen LogP contribution < -0.4 is 0 Å². The summed E-state index contributed by atoms with van der Waals surface area (Å²) in [6, 6.07) is 12.8. The van der Waals surface area contributed by atoms with E-state index in [1.54, 1.807) is 0 Å². The number of pyridine rings is 1. The van der Waals surface area contributed by atoms with Crippen molar-refractivity contribution in [3.8, 4) is 0 Å². The van der Waals surface area contributed by atoms with Gasteiger partial charge in [-0.3, -0.25) is 4.98 Å². The predicted octanol–water partition coefficient (Wildman–Crippen LogP) is 3.59. The third kappa shape index (κ3) is 2.18. The second kappa shape index (κ2) is 5.27. The quantitative estimate of drug-likeness (QED) is 0.911. The average molecular weight is 279 g/mol. The summed E-state index contributed by atoms with van der Waals surface area (Å²) in [5.74, 6) is 0.477. The zero-order chi connectivity index (χ0) is 14.2. The molecule has 0 fully saturated rings. The maximum Gasteiger partial charge on any atom is 0.0692 e. The van der Waals surface area contributed by atoms with Crippen molar-refractivity contribution in [3.05, 3.63) is 65.0 Å². The first-order valence-corrected chi connectivity index (χ1v) is 8.04. The summed E-state index contributed by atoms with van der Waals surface area (Å²) in [6.45, 7) is 0. The largest absolute Gasteiger partial charge is 0.392 e. The summed E-state index contributed by atoms with van der Waals surface area (Å²) in [6.07, 6.45) is 7.07. The second-order valence-electron chi connectivity index (χ2n) is 6.38. The van der Waals surface area contributed by atoms with Crippen LogP contribution >= 0.6 is 0 Å². The van der Waals surface area contributed by atoms with Crippen LogP contribution in [0.25, 0.3) is 0 Å². The first-order valence-electron chi connectivity index (χ1n) is 8.04. The number of fused-ring (bicyclic) bond motifs is 2. The normalized spacial score (nSPS) is 25.2. The van der Waals surface area contributed by atoms with Gasteiger partial charge in [-0.1, -0.05) is 30.3 Å². The van der Waals surface area contributed by atoms with Crippen molar-refractivity contribution >= 4 is 0 Å². The van der Waals surface area contributed by atoms with Crippen LogP contribution in [0.5, 0.6) is 0 Å². The van der Waals surface area contributed by atoms with Gasteiger partial charge in [-0.15, -0.1) is 0 Å². The van der Waals surface area contributed by atoms with E-state index in [1.165, 1.54) is 23.1 Å². The highest BCUT2D eigenvalue weighted by Crippen LogP contribution is 2.43. The molecule has 2 nitrogen and oxygen atoms in total. The first-order chi connectivity index (χ1) is 10.3. The summed E-state index contributed by atoms with van der Waals surface area (Å²) in [7, 11) is 0. The average Bonchev–Trinajstić information content (AvgIpc) is 2.98. The molecule has 0 spiro atoms. The van der Waals surface area contributed by atoms with Gasteiger partial charge in [-0.2, -0.15) is 0 Å². The summed E-state index contributed by atoms with van der Waals surface area (Å²) >= 11 is 0. The lowest BCUT2D eigenvalue weighted by atomic mass is 9.76. The van der Waals surface area contributed by atoms with Crippen LogP contribution in [0.2, 0.25) is 0 Å². The van der Waals surface area contributed by atoms with Gasteiger partial charge in [0.2, 0.25) is 0 Å². The zero-order valence-electron chi connectivity index (χ0n) is 12.2. The summed E-state index contributed by atoms with van der Waals surface area (Å²) in [5.41, 5.74) is 5.24. The minimum absolute atomic E-state index is 0.206. The highest BCUT2D eigenvalue weighted by atomic mass is 16.3. The fourth-order valence-corrected chi connectivity index (χ4v) is 4.20. The molecule has 108 valence electrons. The Kier molecular flexibility index (Phi) is 3.27. The monoisotopic (exact) mass is 279 g/mol. The molecule has 1 heterocycles. The second-order valence-corrected chi connectivity index (χ2v) is 6.38. The minimum Gasteiger partial charge on any atom is -0.392 e. The minimum atomic E-state index is -0.303. The van der Waals surface area contributed by atoms with Gasteiger partial charge in [0.15, 0.2) is 0 Å². The molecule has 3 unspecified atom stereocenters. The lowest BCUT2D eigenvalue weighted by Crippen LogP contribution is -2.28. The van der Waals surface area contributed by atoms with Crippen LogP contribution in [0.3, 0.4) is 0 Å². The van der Waals surface area contributed by atoms with Gasteiger partial charge in [-0.05, 0) is 54.9 Å². The van der Waals surface area contributed by atoms with Gasteiger partial charge in [0.25, 0.3) is 0 Å². The SMILES string of the molecule is OC(C1CCCc2ccccc21)C1CCc2cccnc21. The molecule has 0 saturated heterocycles. The maximum absolute atomic E-state index is 11.0. The molecule has 2 aliphatic rings. The maximum atomic E-state index is 11.0. The van der Waals surface area contributed by atoms with Crippen LogP contribution in [0.1, 0.15) is 53.5 Å². The molecule has 0 aliphatic heterocycles. The Morgan fingerprint density at radius 3 is 2.76 bits per heavy atom. The van der Waals surface area contributed by atoms with Gasteiger partial charge >= 0.3 is 0 Å². The van der Waals surface area contributed by atoms with E-state index in [0.717, 1.165) is 31.4 Å². The van der Waals surface area contributed by atoms with Gasteiger partial charge < -0.3 is 5.11 Å². The standard InChI is InChI=1S/C19H21NO/c21-19(17-11-10-14-7-4-12-20-18(14)17)16-9-3-6-13-5-1-2-8-15(13)16/h1-2,4-5,7-8,12,16-17,19,21H,3,6,9-11H2. The van der Waals surface area contributed by atoms with E-state index in [1.807, 2.05) is 12.3 Å². The number of hydrogen-bond acceptors (Lipinski definition) is 2. The lowest BCUT2D eigenvalue weighted by molar-refractivity contribution is 0.104. The van der Waals surface area contributed by atoms with E-state index in [-0.39, 0.29) is 17.9 Å². The molecule has 4 rings (SSSR count). The number of aryl methyl sites for hydroxylation is 2. The van der Waals surface area contributed by atoms with E-state index in [4.69, 9.17) is 0 Å². The van der Waals surface area contributed by atoms with Crippen molar-refractivity contribution < 1.29 is 5.11 Å². The van der Waals surface area contributed by atoms with Crippen LogP contribution in [0.4, 0.5) is 0 Å².